The van der Waals surface area contributed by atoms with Gasteiger partial charge in [-0.1, -0.05) is 31.1 Å². The van der Waals surface area contributed by atoms with Gasteiger partial charge in [-0.25, -0.2) is 0 Å². The molecule has 0 saturated carbocycles. The molecular weight excluding hydrogens is 271 g/mol. The Kier molecular flexibility index (Phi) is 9.59. The van der Waals surface area contributed by atoms with Gasteiger partial charge in [0.05, 0.1) is 12.4 Å². The van der Waals surface area contributed by atoms with Crippen LogP contribution in [0.2, 0.25) is 0 Å². The molecule has 114 valence electrons. The summed E-state index contributed by atoms with van der Waals surface area (Å²) in [6, 6.07) is 0. The molecule has 0 aliphatic carbocycles. The van der Waals surface area contributed by atoms with E-state index in [1.807, 2.05) is 6.92 Å². The predicted octanol–water partition coefficient (Wildman–Crippen LogP) is 2.48. The van der Waals surface area contributed by atoms with Crippen molar-refractivity contribution in [3.05, 3.63) is 12.4 Å². The molecular formula is C12H25FN2O3S. The zero-order chi connectivity index (χ0) is 14.7. The summed E-state index contributed by atoms with van der Waals surface area (Å²) in [7, 11) is -1.75. The maximum Gasteiger partial charge on any atom is 0.297 e. The number of hydrogen-bond acceptors (Lipinski definition) is 5. The molecule has 1 aliphatic rings. The van der Waals surface area contributed by atoms with Crippen LogP contribution in [0.3, 0.4) is 0 Å². The maximum atomic E-state index is 11.0. The first-order valence-electron chi connectivity index (χ1n) is 6.60. The first-order chi connectivity index (χ1) is 8.95. The van der Waals surface area contributed by atoms with Crippen molar-refractivity contribution in [2.45, 2.75) is 39.5 Å². The van der Waals surface area contributed by atoms with Crippen molar-refractivity contribution in [2.75, 3.05) is 26.0 Å². The largest absolute Gasteiger partial charge is 0.362 e. The summed E-state index contributed by atoms with van der Waals surface area (Å²) in [5, 5.41) is 0. The third-order valence-corrected chi connectivity index (χ3v) is 3.56. The van der Waals surface area contributed by atoms with E-state index in [1.165, 1.54) is 19.4 Å². The average Bonchev–Trinajstić information content (AvgIpc) is 2.80. The summed E-state index contributed by atoms with van der Waals surface area (Å²) in [6.07, 6.45) is 8.02. The smallest absolute Gasteiger partial charge is 0.297 e. The fourth-order valence-corrected chi connectivity index (χ4v) is 2.15. The molecule has 5 nitrogen and oxygen atoms in total. The fraction of sp³-hybridized carbons (Fsp3) is 0.833. The molecule has 0 aromatic carbocycles. The quantitative estimate of drug-likeness (QED) is 0.722. The van der Waals surface area contributed by atoms with Crippen LogP contribution in [-0.2, 0) is 14.5 Å². The minimum Gasteiger partial charge on any atom is -0.362 e. The van der Waals surface area contributed by atoms with E-state index >= 15 is 0 Å². The van der Waals surface area contributed by atoms with Gasteiger partial charge in [0.1, 0.15) is 0 Å². The highest BCUT2D eigenvalue weighted by Gasteiger charge is 2.09. The van der Waals surface area contributed by atoms with Gasteiger partial charge >= 0.3 is 0 Å². The van der Waals surface area contributed by atoms with E-state index in [9.17, 15) is 12.9 Å². The Morgan fingerprint density at radius 2 is 1.84 bits per heavy atom. The second-order valence-corrected chi connectivity index (χ2v) is 6.19. The van der Waals surface area contributed by atoms with Crippen LogP contribution in [0.5, 0.6) is 0 Å². The molecule has 0 bridgehead atoms. The second-order valence-electron chi connectivity index (χ2n) is 4.54. The van der Waals surface area contributed by atoms with Crippen molar-refractivity contribution in [3.8, 4) is 0 Å². The molecule has 1 rings (SSSR count). The van der Waals surface area contributed by atoms with Crippen molar-refractivity contribution >= 4 is 10.1 Å². The summed E-state index contributed by atoms with van der Waals surface area (Å²) in [4.78, 5) is 4.53. The van der Waals surface area contributed by atoms with Gasteiger partial charge in [-0.15, -0.1) is 0 Å². The van der Waals surface area contributed by atoms with Crippen molar-refractivity contribution in [2.24, 2.45) is 0 Å². The van der Waals surface area contributed by atoms with Crippen LogP contribution in [0.15, 0.2) is 12.4 Å². The molecule has 0 aromatic rings. The molecule has 19 heavy (non-hydrogen) atoms. The molecule has 0 unspecified atom stereocenters. The normalized spacial score (nSPS) is 14.5. The van der Waals surface area contributed by atoms with Crippen LogP contribution in [-0.4, -0.2) is 44.2 Å². The predicted molar refractivity (Wildman–Crippen MR) is 74.3 cm³/mol. The Labute approximate surface area is 116 Å². The van der Waals surface area contributed by atoms with Gasteiger partial charge in [-0.2, -0.15) is 8.42 Å². The molecule has 0 saturated heterocycles. The number of nitrogens with zero attached hydrogens (tertiary/aromatic N) is 2. The monoisotopic (exact) mass is 296 g/mol. The van der Waals surface area contributed by atoms with Gasteiger partial charge in [-0.3, -0.25) is 0 Å². The molecule has 1 heterocycles. The molecule has 0 spiro atoms. The van der Waals surface area contributed by atoms with E-state index in [-0.39, 0.29) is 5.75 Å². The minimum absolute atomic E-state index is 0.236. The molecule has 1 aliphatic heterocycles. The van der Waals surface area contributed by atoms with Crippen molar-refractivity contribution in [1.29, 1.82) is 0 Å². The molecule has 0 atom stereocenters. The van der Waals surface area contributed by atoms with Crippen molar-refractivity contribution in [1.82, 2.24) is 9.80 Å². The highest BCUT2D eigenvalue weighted by atomic mass is 32.2. The van der Waals surface area contributed by atoms with Crippen molar-refractivity contribution < 1.29 is 17.3 Å². The van der Waals surface area contributed by atoms with Crippen LogP contribution in [0, 0.1) is 0 Å². The maximum absolute atomic E-state index is 11.0. The third kappa shape index (κ3) is 9.72. The Hall–Kier alpha value is -0.820. The number of unbranched alkanes of at least 4 members (excludes halogenated alkanes) is 2. The summed E-state index contributed by atoms with van der Waals surface area (Å²) in [5.41, 5.74) is 0. The lowest BCUT2D eigenvalue weighted by Gasteiger charge is -2.17. The Morgan fingerprint density at radius 3 is 2.26 bits per heavy atom. The fourth-order valence-electron chi connectivity index (χ4n) is 1.45. The van der Waals surface area contributed by atoms with E-state index in [0.29, 0.717) is 12.8 Å². The summed E-state index contributed by atoms with van der Waals surface area (Å²) in [6.45, 7) is 6.31. The molecule has 0 radical (unpaired) electrons. The number of rotatable bonds is 7. The van der Waals surface area contributed by atoms with E-state index in [4.69, 9.17) is 0 Å². The Morgan fingerprint density at radius 1 is 1.21 bits per heavy atom. The highest BCUT2D eigenvalue weighted by molar-refractivity contribution is 7.86. The molecule has 0 N–H and O–H groups in total. The van der Waals surface area contributed by atoms with Crippen LogP contribution in [0.4, 0.5) is 4.53 Å². The lowest BCUT2D eigenvalue weighted by Crippen LogP contribution is -2.23. The average molecular weight is 296 g/mol. The minimum atomic E-state index is -3.85. The van der Waals surface area contributed by atoms with Gasteiger partial charge < -0.3 is 9.80 Å². The second kappa shape index (κ2) is 10.0. The van der Waals surface area contributed by atoms with Crippen LogP contribution in [0.1, 0.15) is 39.5 Å². The van der Waals surface area contributed by atoms with Crippen LogP contribution < -0.4 is 0 Å². The lowest BCUT2D eigenvalue weighted by molar-refractivity contribution is 0.00290. The highest BCUT2D eigenvalue weighted by Crippen LogP contribution is 2.04. The van der Waals surface area contributed by atoms with Gasteiger partial charge in [0.25, 0.3) is 10.1 Å². The van der Waals surface area contributed by atoms with Crippen LogP contribution in [0.25, 0.3) is 0 Å². The van der Waals surface area contributed by atoms with Crippen molar-refractivity contribution in [3.63, 3.8) is 0 Å². The number of hydrogen-bond donors (Lipinski definition) is 0. The first-order valence-corrected chi connectivity index (χ1v) is 8.18. The Bertz CT molecular complexity index is 347. The van der Waals surface area contributed by atoms with E-state index in [1.54, 1.807) is 0 Å². The van der Waals surface area contributed by atoms with E-state index in [0.717, 1.165) is 6.67 Å². The summed E-state index contributed by atoms with van der Waals surface area (Å²) in [5.74, 6) is -0.236. The van der Waals surface area contributed by atoms with E-state index in [2.05, 4.69) is 40.6 Å². The Balaban J connectivity index is 0.000000344. The number of halogens is 1. The molecule has 0 aromatic heterocycles. The SMILES string of the molecule is CCCCN1C=CN(C)C1.CCCCS(=O)(=O)OF. The van der Waals surface area contributed by atoms with Crippen LogP contribution >= 0.6 is 0 Å². The third-order valence-electron chi connectivity index (χ3n) is 2.58. The molecule has 0 amide bonds. The molecule has 0 fully saturated rings. The first kappa shape index (κ1) is 18.2. The zero-order valence-corrected chi connectivity index (χ0v) is 12.8. The lowest BCUT2D eigenvalue weighted by atomic mass is 10.3. The summed E-state index contributed by atoms with van der Waals surface area (Å²) < 4.78 is 34.0. The summed E-state index contributed by atoms with van der Waals surface area (Å²) >= 11 is 0. The van der Waals surface area contributed by atoms with Gasteiger partial charge in [0.2, 0.25) is 0 Å². The molecule has 7 heteroatoms. The standard InChI is InChI=1S/C8H16N2.C4H9FO3S/c1-3-4-5-10-7-6-9(2)8-10;1-2-3-4-9(6,7)8-5/h6-7H,3-5,8H2,1-2H3;2-4H2,1H3. The van der Waals surface area contributed by atoms with Gasteiger partial charge in [-0.05, 0) is 17.4 Å². The zero-order valence-electron chi connectivity index (χ0n) is 12.0. The van der Waals surface area contributed by atoms with Gasteiger partial charge in [0, 0.05) is 26.0 Å². The van der Waals surface area contributed by atoms with Gasteiger partial charge in [0.15, 0.2) is 0 Å². The van der Waals surface area contributed by atoms with E-state index < -0.39 is 10.1 Å². The topological polar surface area (TPSA) is 49.9 Å².